The second kappa shape index (κ2) is 11.8. The summed E-state index contributed by atoms with van der Waals surface area (Å²) in [6.45, 7) is 6.15. The van der Waals surface area contributed by atoms with E-state index in [9.17, 15) is 18.0 Å². The molecule has 0 saturated carbocycles. The molecule has 11 nitrogen and oxygen atoms in total. The van der Waals surface area contributed by atoms with Crippen molar-refractivity contribution in [2.75, 3.05) is 88.1 Å². The van der Waals surface area contributed by atoms with Crippen LogP contribution in [0.25, 0.3) is 0 Å². The lowest BCUT2D eigenvalue weighted by Crippen LogP contribution is -2.50. The molecule has 2 N–H and O–H groups in total. The zero-order valence-corrected chi connectivity index (χ0v) is 21.0. The number of amides is 1. The Morgan fingerprint density at radius 2 is 1.54 bits per heavy atom. The third-order valence-corrected chi connectivity index (χ3v) is 6.32. The summed E-state index contributed by atoms with van der Waals surface area (Å²) >= 11 is 0. The number of carbonyl (C=O) groups is 1. The molecule has 2 fully saturated rings. The highest BCUT2D eigenvalue weighted by Gasteiger charge is 2.32. The second-order valence-corrected chi connectivity index (χ2v) is 8.99. The normalized spacial score (nSPS) is 17.5. The number of piperazine rings is 2. The number of hydrogen-bond donors (Lipinski definition) is 2. The SMILES string of the molecule is CNc1nc(N2CCN(C)CC2)nc(N2CCN(CC(=O)NCc3ccccc3OC(F)(F)F)CC2)n1. The molecule has 0 spiro atoms. The van der Waals surface area contributed by atoms with Gasteiger partial charge in [0.2, 0.25) is 23.8 Å². The van der Waals surface area contributed by atoms with Crippen molar-refractivity contribution in [3.8, 4) is 5.75 Å². The van der Waals surface area contributed by atoms with E-state index in [-0.39, 0.29) is 30.3 Å². The van der Waals surface area contributed by atoms with E-state index in [0.29, 0.717) is 44.0 Å². The fourth-order valence-corrected chi connectivity index (χ4v) is 4.19. The minimum atomic E-state index is -4.79. The predicted octanol–water partition coefficient (Wildman–Crippen LogP) is 1.00. The van der Waals surface area contributed by atoms with Crippen molar-refractivity contribution in [3.05, 3.63) is 29.8 Å². The molecule has 0 atom stereocenters. The molecule has 0 aliphatic carbocycles. The molecule has 3 heterocycles. The zero-order chi connectivity index (χ0) is 26.4. The first-order chi connectivity index (χ1) is 17.7. The Morgan fingerprint density at radius 3 is 2.14 bits per heavy atom. The Kier molecular flexibility index (Phi) is 8.48. The molecular formula is C23H32F3N9O2. The molecule has 2 aromatic rings. The topological polar surface area (TPSA) is 102 Å². The van der Waals surface area contributed by atoms with Gasteiger partial charge in [-0.15, -0.1) is 13.2 Å². The van der Waals surface area contributed by atoms with Crippen molar-refractivity contribution in [3.63, 3.8) is 0 Å². The number of benzene rings is 1. The van der Waals surface area contributed by atoms with Crippen LogP contribution in [-0.2, 0) is 11.3 Å². The van der Waals surface area contributed by atoms with Crippen LogP contribution < -0.4 is 25.2 Å². The summed E-state index contributed by atoms with van der Waals surface area (Å²) in [6.07, 6.45) is -4.79. The van der Waals surface area contributed by atoms with Gasteiger partial charge in [-0.1, -0.05) is 18.2 Å². The van der Waals surface area contributed by atoms with Gasteiger partial charge in [-0.05, 0) is 13.1 Å². The highest BCUT2D eigenvalue weighted by Crippen LogP contribution is 2.26. The maximum atomic E-state index is 12.6. The number of ether oxygens (including phenoxy) is 1. The van der Waals surface area contributed by atoms with Gasteiger partial charge in [-0.2, -0.15) is 15.0 Å². The molecule has 4 rings (SSSR count). The van der Waals surface area contributed by atoms with Crippen molar-refractivity contribution in [1.82, 2.24) is 30.1 Å². The molecule has 0 bridgehead atoms. The summed E-state index contributed by atoms with van der Waals surface area (Å²) in [6, 6.07) is 5.76. The van der Waals surface area contributed by atoms with Crippen LogP contribution in [0.4, 0.5) is 31.0 Å². The Morgan fingerprint density at radius 1 is 0.946 bits per heavy atom. The first-order valence-electron chi connectivity index (χ1n) is 12.1. The van der Waals surface area contributed by atoms with Crippen molar-refractivity contribution in [1.29, 1.82) is 0 Å². The summed E-state index contributed by atoms with van der Waals surface area (Å²) in [5.74, 6) is 1.16. The smallest absolute Gasteiger partial charge is 0.405 e. The maximum Gasteiger partial charge on any atom is 0.573 e. The monoisotopic (exact) mass is 523 g/mol. The van der Waals surface area contributed by atoms with Gasteiger partial charge in [0.15, 0.2) is 0 Å². The Labute approximate surface area is 213 Å². The van der Waals surface area contributed by atoms with Crippen LogP contribution in [0, 0.1) is 0 Å². The lowest BCUT2D eigenvalue weighted by molar-refractivity contribution is -0.274. The van der Waals surface area contributed by atoms with Crippen LogP contribution in [0.1, 0.15) is 5.56 Å². The predicted molar refractivity (Wildman–Crippen MR) is 133 cm³/mol. The summed E-state index contributed by atoms with van der Waals surface area (Å²) in [4.78, 5) is 34.7. The number of rotatable bonds is 8. The molecule has 1 aromatic carbocycles. The van der Waals surface area contributed by atoms with Crippen LogP contribution >= 0.6 is 0 Å². The van der Waals surface area contributed by atoms with Crippen LogP contribution in [0.5, 0.6) is 5.75 Å². The third kappa shape index (κ3) is 7.55. The quantitative estimate of drug-likeness (QED) is 0.521. The number of alkyl halides is 3. The number of nitrogens with zero attached hydrogens (tertiary/aromatic N) is 7. The average Bonchev–Trinajstić information content (AvgIpc) is 2.88. The van der Waals surface area contributed by atoms with Gasteiger partial charge in [0, 0.05) is 71.5 Å². The zero-order valence-electron chi connectivity index (χ0n) is 21.0. The molecule has 37 heavy (non-hydrogen) atoms. The van der Waals surface area contributed by atoms with E-state index in [4.69, 9.17) is 4.98 Å². The largest absolute Gasteiger partial charge is 0.573 e. The van der Waals surface area contributed by atoms with E-state index in [1.807, 2.05) is 4.90 Å². The molecule has 2 aliphatic rings. The van der Waals surface area contributed by atoms with E-state index >= 15 is 0 Å². The maximum absolute atomic E-state index is 12.6. The fraction of sp³-hybridized carbons (Fsp3) is 0.565. The summed E-state index contributed by atoms with van der Waals surface area (Å²) in [7, 11) is 3.87. The molecule has 0 radical (unpaired) electrons. The Balaban J connectivity index is 1.29. The van der Waals surface area contributed by atoms with Gasteiger partial charge in [0.1, 0.15) is 5.75 Å². The lowest BCUT2D eigenvalue weighted by Gasteiger charge is -2.35. The number of hydrogen-bond acceptors (Lipinski definition) is 10. The van der Waals surface area contributed by atoms with Crippen LogP contribution in [0.3, 0.4) is 0 Å². The number of nitrogens with one attached hydrogen (secondary N) is 2. The summed E-state index contributed by atoms with van der Waals surface area (Å²) < 4.78 is 41.9. The van der Waals surface area contributed by atoms with Crippen LogP contribution in [-0.4, -0.2) is 110 Å². The minimum Gasteiger partial charge on any atom is -0.405 e. The molecule has 0 unspecified atom stereocenters. The van der Waals surface area contributed by atoms with E-state index in [1.165, 1.54) is 18.2 Å². The second-order valence-electron chi connectivity index (χ2n) is 8.99. The first kappa shape index (κ1) is 26.7. The highest BCUT2D eigenvalue weighted by molar-refractivity contribution is 5.78. The molecule has 202 valence electrons. The summed E-state index contributed by atoms with van der Waals surface area (Å²) in [5, 5.41) is 5.70. The number of halogens is 3. The number of anilines is 3. The van der Waals surface area contributed by atoms with E-state index < -0.39 is 6.36 Å². The Hall–Kier alpha value is -3.39. The van der Waals surface area contributed by atoms with E-state index in [0.717, 1.165) is 26.2 Å². The molecule has 2 aliphatic heterocycles. The average molecular weight is 524 g/mol. The molecule has 1 amide bonds. The van der Waals surface area contributed by atoms with Crippen LogP contribution in [0.2, 0.25) is 0 Å². The van der Waals surface area contributed by atoms with Gasteiger partial charge in [0.25, 0.3) is 0 Å². The summed E-state index contributed by atoms with van der Waals surface area (Å²) in [5.41, 5.74) is 0.254. The number of likely N-dealkylation sites (N-methyl/N-ethyl adjacent to an activating group) is 1. The van der Waals surface area contributed by atoms with Crippen LogP contribution in [0.15, 0.2) is 24.3 Å². The van der Waals surface area contributed by atoms with E-state index in [2.05, 4.69) is 47.1 Å². The third-order valence-electron chi connectivity index (χ3n) is 6.32. The van der Waals surface area contributed by atoms with E-state index in [1.54, 1.807) is 13.1 Å². The number of para-hydroxylation sites is 1. The van der Waals surface area contributed by atoms with Gasteiger partial charge < -0.3 is 30.1 Å². The van der Waals surface area contributed by atoms with Gasteiger partial charge in [-0.25, -0.2) is 0 Å². The van der Waals surface area contributed by atoms with Crippen molar-refractivity contribution < 1.29 is 22.7 Å². The van der Waals surface area contributed by atoms with Gasteiger partial charge in [0.05, 0.1) is 6.54 Å². The minimum absolute atomic E-state index is 0.0578. The Bertz CT molecular complexity index is 1060. The molecule has 14 heteroatoms. The van der Waals surface area contributed by atoms with Crippen molar-refractivity contribution in [2.45, 2.75) is 12.9 Å². The van der Waals surface area contributed by atoms with Crippen molar-refractivity contribution >= 4 is 23.8 Å². The lowest BCUT2D eigenvalue weighted by atomic mass is 10.2. The fourth-order valence-electron chi connectivity index (χ4n) is 4.19. The number of carbonyl (C=O) groups excluding carboxylic acids is 1. The molecule has 1 aromatic heterocycles. The standard InChI is InChI=1S/C23H32F3N9O2/c1-27-20-29-21(34-11-7-32(2)8-12-34)31-22(30-20)35-13-9-33(10-14-35)16-19(36)28-15-17-5-3-4-6-18(17)37-23(24,25)26/h3-6H,7-16H2,1-2H3,(H,28,36)(H,27,29,30,31). The molecule has 2 saturated heterocycles. The molecular weight excluding hydrogens is 491 g/mol. The first-order valence-corrected chi connectivity index (χ1v) is 12.1. The van der Waals surface area contributed by atoms with Gasteiger partial charge >= 0.3 is 6.36 Å². The van der Waals surface area contributed by atoms with Gasteiger partial charge in [-0.3, -0.25) is 9.69 Å². The van der Waals surface area contributed by atoms with Crippen molar-refractivity contribution in [2.24, 2.45) is 0 Å². The number of aromatic nitrogens is 3. The highest BCUT2D eigenvalue weighted by atomic mass is 19.4.